The van der Waals surface area contributed by atoms with Gasteiger partial charge in [0.1, 0.15) is 0 Å². The van der Waals surface area contributed by atoms with Gasteiger partial charge in [0.15, 0.2) is 0 Å². The SMILES string of the molecule is CC/C=c1/cccn/c1=C/COCC(CCC)CNC(=O)C1CC=CC=C1n1nccn1. The molecule has 7 nitrogen and oxygen atoms in total. The lowest BCUT2D eigenvalue weighted by molar-refractivity contribution is -0.123. The van der Waals surface area contributed by atoms with E-state index >= 15 is 0 Å². The lowest BCUT2D eigenvalue weighted by atomic mass is 9.95. The number of aromatic nitrogens is 4. The minimum absolute atomic E-state index is 0.00112. The van der Waals surface area contributed by atoms with Crippen molar-refractivity contribution in [3.05, 3.63) is 59.5 Å². The largest absolute Gasteiger partial charge is 0.377 e. The van der Waals surface area contributed by atoms with E-state index in [1.807, 2.05) is 30.4 Å². The van der Waals surface area contributed by atoms with Crippen LogP contribution in [0.25, 0.3) is 17.8 Å². The number of carbonyl (C=O) groups excluding carboxylic acids is 1. The first kappa shape index (κ1) is 23.6. The molecular formula is C25H33N5O2. The van der Waals surface area contributed by atoms with Gasteiger partial charge in [-0.2, -0.15) is 15.0 Å². The van der Waals surface area contributed by atoms with Crippen molar-refractivity contribution in [2.24, 2.45) is 11.8 Å². The first-order valence-corrected chi connectivity index (χ1v) is 11.4. The van der Waals surface area contributed by atoms with Crippen LogP contribution in [0.3, 0.4) is 0 Å². The molecule has 0 fully saturated rings. The zero-order valence-corrected chi connectivity index (χ0v) is 19.0. The van der Waals surface area contributed by atoms with Gasteiger partial charge < -0.3 is 10.1 Å². The first-order valence-electron chi connectivity index (χ1n) is 11.4. The second-order valence-corrected chi connectivity index (χ2v) is 7.86. The van der Waals surface area contributed by atoms with Crippen molar-refractivity contribution in [3.8, 4) is 0 Å². The lowest BCUT2D eigenvalue weighted by Gasteiger charge is -2.22. The number of carbonyl (C=O) groups is 1. The topological polar surface area (TPSA) is 81.9 Å². The van der Waals surface area contributed by atoms with Gasteiger partial charge in [-0.1, -0.05) is 44.6 Å². The Morgan fingerprint density at radius 3 is 2.91 bits per heavy atom. The fourth-order valence-corrected chi connectivity index (χ4v) is 3.80. The van der Waals surface area contributed by atoms with E-state index < -0.39 is 0 Å². The molecule has 3 rings (SSSR count). The number of nitrogens with one attached hydrogen (secondary N) is 1. The summed E-state index contributed by atoms with van der Waals surface area (Å²) in [6, 6.07) is 4.02. The second-order valence-electron chi connectivity index (χ2n) is 7.86. The van der Waals surface area contributed by atoms with Crippen LogP contribution in [0, 0.1) is 11.8 Å². The molecule has 0 aromatic carbocycles. The molecule has 2 aromatic rings. The van der Waals surface area contributed by atoms with E-state index in [0.717, 1.165) is 35.5 Å². The van der Waals surface area contributed by atoms with Crippen molar-refractivity contribution in [2.75, 3.05) is 19.8 Å². The van der Waals surface area contributed by atoms with Crippen LogP contribution in [0.1, 0.15) is 39.5 Å². The molecule has 1 amide bonds. The van der Waals surface area contributed by atoms with Gasteiger partial charge in [0, 0.05) is 12.7 Å². The quantitative estimate of drug-likeness (QED) is 0.548. The Morgan fingerprint density at radius 1 is 1.28 bits per heavy atom. The Bertz CT molecular complexity index is 1030. The second kappa shape index (κ2) is 12.7. The van der Waals surface area contributed by atoms with E-state index in [-0.39, 0.29) is 17.7 Å². The van der Waals surface area contributed by atoms with Crippen LogP contribution < -0.4 is 15.9 Å². The molecule has 0 radical (unpaired) electrons. The normalized spacial score (nSPS) is 17.9. The van der Waals surface area contributed by atoms with Crippen molar-refractivity contribution >= 4 is 23.8 Å². The van der Waals surface area contributed by atoms with Crippen LogP contribution in [0.5, 0.6) is 0 Å². The number of amides is 1. The van der Waals surface area contributed by atoms with Gasteiger partial charge in [0.2, 0.25) is 5.91 Å². The Kier molecular flexibility index (Phi) is 9.37. The van der Waals surface area contributed by atoms with Crippen LogP contribution in [0.4, 0.5) is 0 Å². The summed E-state index contributed by atoms with van der Waals surface area (Å²) in [7, 11) is 0. The van der Waals surface area contributed by atoms with Crippen LogP contribution in [0.15, 0.2) is 49.0 Å². The maximum atomic E-state index is 12.9. The molecule has 2 heterocycles. The van der Waals surface area contributed by atoms with Crippen molar-refractivity contribution in [1.82, 2.24) is 25.3 Å². The van der Waals surface area contributed by atoms with Gasteiger partial charge >= 0.3 is 0 Å². The Hall–Kier alpha value is -3.06. The van der Waals surface area contributed by atoms with Gasteiger partial charge in [0.25, 0.3) is 0 Å². The molecule has 0 saturated carbocycles. The minimum atomic E-state index is -0.290. The van der Waals surface area contributed by atoms with E-state index in [0.29, 0.717) is 26.2 Å². The van der Waals surface area contributed by atoms with Crippen LogP contribution >= 0.6 is 0 Å². The highest BCUT2D eigenvalue weighted by molar-refractivity contribution is 5.88. The number of ether oxygens (including phenoxy) is 1. The third-order valence-electron chi connectivity index (χ3n) is 5.40. The van der Waals surface area contributed by atoms with Crippen LogP contribution in [0.2, 0.25) is 0 Å². The molecule has 7 heteroatoms. The monoisotopic (exact) mass is 435 g/mol. The van der Waals surface area contributed by atoms with Crippen LogP contribution in [-0.4, -0.2) is 45.6 Å². The predicted octanol–water partition coefficient (Wildman–Crippen LogP) is 2.31. The molecule has 170 valence electrons. The number of hydrogen-bond donors (Lipinski definition) is 1. The maximum Gasteiger partial charge on any atom is 0.229 e. The Morgan fingerprint density at radius 2 is 2.12 bits per heavy atom. The fraction of sp³-hybridized carbons (Fsp3) is 0.440. The summed E-state index contributed by atoms with van der Waals surface area (Å²) in [5.41, 5.74) is 0.794. The van der Waals surface area contributed by atoms with E-state index in [1.165, 1.54) is 4.80 Å². The highest BCUT2D eigenvalue weighted by Gasteiger charge is 2.26. The standard InChI is InChI=1S/C25H33N5O2/c1-3-8-20(19-32-17-13-23-21(9-4-2)10-7-14-26-23)18-27-25(31)22-11-5-6-12-24(22)30-28-15-16-29-30/h5-7,9-10,12-16,20,22H,3-4,8,11,17-19H2,1-2H3,(H,27,31)/b21-9-,23-13+. The van der Waals surface area contributed by atoms with E-state index in [4.69, 9.17) is 4.74 Å². The van der Waals surface area contributed by atoms with E-state index in [2.05, 4.69) is 46.5 Å². The molecule has 0 saturated heterocycles. The molecular weight excluding hydrogens is 402 g/mol. The minimum Gasteiger partial charge on any atom is -0.377 e. The van der Waals surface area contributed by atoms with Gasteiger partial charge in [-0.3, -0.25) is 9.78 Å². The summed E-state index contributed by atoms with van der Waals surface area (Å²) in [6.45, 7) is 5.95. The van der Waals surface area contributed by atoms with Crippen molar-refractivity contribution in [1.29, 1.82) is 0 Å². The molecule has 0 aliphatic heterocycles. The summed E-state index contributed by atoms with van der Waals surface area (Å²) in [5.74, 6) is -0.0303. The van der Waals surface area contributed by atoms with Gasteiger partial charge in [-0.15, -0.1) is 0 Å². The summed E-state index contributed by atoms with van der Waals surface area (Å²) in [6.07, 6.45) is 18.7. The average Bonchev–Trinajstić information content (AvgIpc) is 3.36. The summed E-state index contributed by atoms with van der Waals surface area (Å²) >= 11 is 0. The number of allylic oxidation sites excluding steroid dienone is 3. The number of rotatable bonds is 11. The van der Waals surface area contributed by atoms with Crippen molar-refractivity contribution < 1.29 is 9.53 Å². The predicted molar refractivity (Wildman–Crippen MR) is 126 cm³/mol. The highest BCUT2D eigenvalue weighted by Crippen LogP contribution is 2.23. The van der Waals surface area contributed by atoms with Gasteiger partial charge in [0.05, 0.1) is 42.6 Å². The Labute approximate surface area is 189 Å². The molecule has 0 bridgehead atoms. The molecule has 1 aliphatic rings. The number of nitrogens with zero attached hydrogens (tertiary/aromatic N) is 4. The van der Waals surface area contributed by atoms with E-state index in [9.17, 15) is 4.79 Å². The first-order chi connectivity index (χ1) is 15.7. The zero-order chi connectivity index (χ0) is 22.6. The van der Waals surface area contributed by atoms with Gasteiger partial charge in [-0.25, -0.2) is 0 Å². The summed E-state index contributed by atoms with van der Waals surface area (Å²) < 4.78 is 5.94. The summed E-state index contributed by atoms with van der Waals surface area (Å²) in [5, 5.41) is 13.6. The Balaban J connectivity index is 1.53. The number of hydrogen-bond acceptors (Lipinski definition) is 5. The molecule has 2 aromatic heterocycles. The van der Waals surface area contributed by atoms with Crippen molar-refractivity contribution in [2.45, 2.75) is 39.5 Å². The fourth-order valence-electron chi connectivity index (χ4n) is 3.80. The average molecular weight is 436 g/mol. The maximum absolute atomic E-state index is 12.9. The molecule has 1 N–H and O–H groups in total. The summed E-state index contributed by atoms with van der Waals surface area (Å²) in [4.78, 5) is 18.9. The van der Waals surface area contributed by atoms with Crippen LogP contribution in [-0.2, 0) is 9.53 Å². The molecule has 0 spiro atoms. The van der Waals surface area contributed by atoms with Gasteiger partial charge in [-0.05, 0) is 48.6 Å². The smallest absolute Gasteiger partial charge is 0.229 e. The lowest BCUT2D eigenvalue weighted by Crippen LogP contribution is -2.37. The third-order valence-corrected chi connectivity index (χ3v) is 5.40. The molecule has 2 unspecified atom stereocenters. The zero-order valence-electron chi connectivity index (χ0n) is 19.0. The molecule has 32 heavy (non-hydrogen) atoms. The number of pyridine rings is 1. The van der Waals surface area contributed by atoms with Crippen molar-refractivity contribution in [3.63, 3.8) is 0 Å². The molecule has 2 atom stereocenters. The van der Waals surface area contributed by atoms with E-state index in [1.54, 1.807) is 18.6 Å². The highest BCUT2D eigenvalue weighted by atomic mass is 16.5. The molecule has 1 aliphatic carbocycles. The third kappa shape index (κ3) is 6.72.